The standard InChI is InChI=1S/C7H9NO4S/c1-2-13(11,12)5-3-7(5,4-8)6(9)10/h5H,2-3H2,1H3,(H,9,10)/t5-,7-/m1/s1. The van der Waals surface area contributed by atoms with Gasteiger partial charge in [-0.15, -0.1) is 0 Å². The van der Waals surface area contributed by atoms with Crippen LogP contribution in [-0.4, -0.2) is 30.5 Å². The molecule has 0 spiro atoms. The van der Waals surface area contributed by atoms with Crippen LogP contribution in [0.5, 0.6) is 0 Å². The number of nitrogens with zero attached hydrogens (tertiary/aromatic N) is 1. The van der Waals surface area contributed by atoms with Gasteiger partial charge in [0.15, 0.2) is 15.3 Å². The van der Waals surface area contributed by atoms with Crippen LogP contribution in [0.15, 0.2) is 0 Å². The van der Waals surface area contributed by atoms with Gasteiger partial charge >= 0.3 is 5.97 Å². The van der Waals surface area contributed by atoms with E-state index in [1.807, 2.05) is 0 Å². The third kappa shape index (κ3) is 1.29. The number of hydrogen-bond donors (Lipinski definition) is 1. The van der Waals surface area contributed by atoms with Crippen molar-refractivity contribution < 1.29 is 18.3 Å². The van der Waals surface area contributed by atoms with Crippen molar-refractivity contribution in [1.29, 1.82) is 5.26 Å². The molecule has 1 aliphatic rings. The topological polar surface area (TPSA) is 95.2 Å². The van der Waals surface area contributed by atoms with Gasteiger partial charge < -0.3 is 5.11 Å². The second-order valence-electron chi connectivity index (χ2n) is 3.03. The summed E-state index contributed by atoms with van der Waals surface area (Å²) >= 11 is 0. The van der Waals surface area contributed by atoms with E-state index in [4.69, 9.17) is 10.4 Å². The fourth-order valence-corrected chi connectivity index (χ4v) is 2.94. The first kappa shape index (κ1) is 9.99. The van der Waals surface area contributed by atoms with Gasteiger partial charge in [-0.3, -0.25) is 4.79 Å². The molecule has 13 heavy (non-hydrogen) atoms. The van der Waals surface area contributed by atoms with Crippen LogP contribution in [-0.2, 0) is 14.6 Å². The van der Waals surface area contributed by atoms with Crippen LogP contribution < -0.4 is 0 Å². The van der Waals surface area contributed by atoms with Crippen molar-refractivity contribution in [2.75, 3.05) is 5.75 Å². The lowest BCUT2D eigenvalue weighted by Crippen LogP contribution is -2.23. The summed E-state index contributed by atoms with van der Waals surface area (Å²) in [5.41, 5.74) is -1.67. The molecule has 0 aromatic heterocycles. The number of nitriles is 1. The molecule has 2 atom stereocenters. The number of carboxylic acids is 1. The zero-order valence-electron chi connectivity index (χ0n) is 7.02. The summed E-state index contributed by atoms with van der Waals surface area (Å²) in [5.74, 6) is -1.45. The molecule has 5 nitrogen and oxygen atoms in total. The second kappa shape index (κ2) is 2.70. The summed E-state index contributed by atoms with van der Waals surface area (Å²) < 4.78 is 22.5. The first-order valence-electron chi connectivity index (χ1n) is 3.77. The average molecular weight is 203 g/mol. The molecule has 0 aromatic carbocycles. The van der Waals surface area contributed by atoms with E-state index in [0.717, 1.165) is 0 Å². The Morgan fingerprint density at radius 2 is 2.31 bits per heavy atom. The van der Waals surface area contributed by atoms with Crippen LogP contribution in [0.2, 0.25) is 0 Å². The fourth-order valence-electron chi connectivity index (χ4n) is 1.26. The van der Waals surface area contributed by atoms with E-state index in [0.29, 0.717) is 0 Å². The second-order valence-corrected chi connectivity index (χ2v) is 5.50. The molecule has 6 heteroatoms. The first-order valence-corrected chi connectivity index (χ1v) is 5.48. The molecule has 0 aliphatic heterocycles. The smallest absolute Gasteiger partial charge is 0.325 e. The monoisotopic (exact) mass is 203 g/mol. The molecule has 0 radical (unpaired) electrons. The van der Waals surface area contributed by atoms with Crippen molar-refractivity contribution >= 4 is 15.8 Å². The maximum atomic E-state index is 11.2. The van der Waals surface area contributed by atoms with E-state index in [1.54, 1.807) is 6.07 Å². The van der Waals surface area contributed by atoms with Crippen molar-refractivity contribution in [1.82, 2.24) is 0 Å². The zero-order valence-corrected chi connectivity index (χ0v) is 7.84. The average Bonchev–Trinajstić information content (AvgIpc) is 2.80. The maximum Gasteiger partial charge on any atom is 0.325 e. The highest BCUT2D eigenvalue weighted by Crippen LogP contribution is 2.50. The highest BCUT2D eigenvalue weighted by Gasteiger charge is 2.67. The summed E-state index contributed by atoms with van der Waals surface area (Å²) in [6.07, 6.45) is -0.0744. The van der Waals surface area contributed by atoms with E-state index in [2.05, 4.69) is 0 Å². The molecule has 1 saturated carbocycles. The third-order valence-electron chi connectivity index (χ3n) is 2.31. The van der Waals surface area contributed by atoms with Crippen LogP contribution in [0, 0.1) is 16.7 Å². The Kier molecular flexibility index (Phi) is 2.08. The quantitative estimate of drug-likeness (QED) is 0.684. The number of sulfone groups is 1. The lowest BCUT2D eigenvalue weighted by atomic mass is 10.1. The zero-order chi connectivity index (χ0) is 10.3. The van der Waals surface area contributed by atoms with Gasteiger partial charge in [0.25, 0.3) is 0 Å². The number of rotatable bonds is 3. The summed E-state index contributed by atoms with van der Waals surface area (Å²) in [7, 11) is -3.39. The molecule has 0 unspecified atom stereocenters. The molecule has 0 saturated heterocycles. The van der Waals surface area contributed by atoms with Gasteiger partial charge in [0.05, 0.1) is 11.3 Å². The van der Waals surface area contributed by atoms with E-state index < -0.39 is 26.5 Å². The number of carboxylic acid groups (broad SMARTS) is 1. The summed E-state index contributed by atoms with van der Waals surface area (Å²) in [6.45, 7) is 1.44. The summed E-state index contributed by atoms with van der Waals surface area (Å²) in [6, 6.07) is 1.56. The number of aliphatic carboxylic acids is 1. The van der Waals surface area contributed by atoms with Gasteiger partial charge in [-0.1, -0.05) is 6.92 Å². The Morgan fingerprint density at radius 3 is 2.54 bits per heavy atom. The lowest BCUT2D eigenvalue weighted by molar-refractivity contribution is -0.141. The van der Waals surface area contributed by atoms with Gasteiger partial charge in [-0.05, 0) is 6.42 Å². The Hall–Kier alpha value is -1.09. The first-order chi connectivity index (χ1) is 5.90. The SMILES string of the molecule is CCS(=O)(=O)[C@@H]1C[C@]1(C#N)C(=O)O. The van der Waals surface area contributed by atoms with E-state index >= 15 is 0 Å². The molecule has 0 amide bonds. The van der Waals surface area contributed by atoms with Crippen molar-refractivity contribution in [3.8, 4) is 6.07 Å². The fraction of sp³-hybridized carbons (Fsp3) is 0.714. The van der Waals surface area contributed by atoms with Gasteiger partial charge in [0, 0.05) is 5.75 Å². The number of carbonyl (C=O) groups is 1. The number of hydrogen-bond acceptors (Lipinski definition) is 4. The van der Waals surface area contributed by atoms with Gasteiger partial charge in [-0.25, -0.2) is 8.42 Å². The Labute approximate surface area is 75.9 Å². The van der Waals surface area contributed by atoms with Gasteiger partial charge in [0.2, 0.25) is 0 Å². The molecule has 0 heterocycles. The largest absolute Gasteiger partial charge is 0.480 e. The minimum absolute atomic E-state index is 0.0744. The molecule has 1 rings (SSSR count). The van der Waals surface area contributed by atoms with Crippen LogP contribution in [0.25, 0.3) is 0 Å². The molecule has 1 aliphatic carbocycles. The minimum Gasteiger partial charge on any atom is -0.480 e. The molecule has 0 bridgehead atoms. The Morgan fingerprint density at radius 1 is 1.77 bits per heavy atom. The van der Waals surface area contributed by atoms with Crippen molar-refractivity contribution in [3.05, 3.63) is 0 Å². The van der Waals surface area contributed by atoms with Crippen molar-refractivity contribution in [2.45, 2.75) is 18.6 Å². The van der Waals surface area contributed by atoms with Gasteiger partial charge in [0.1, 0.15) is 0 Å². The lowest BCUT2D eigenvalue weighted by Gasteiger charge is -2.01. The predicted molar refractivity (Wildman–Crippen MR) is 43.5 cm³/mol. The van der Waals surface area contributed by atoms with Crippen molar-refractivity contribution in [2.24, 2.45) is 5.41 Å². The minimum atomic E-state index is -3.39. The predicted octanol–water partition coefficient (Wildman–Crippen LogP) is -0.212. The van der Waals surface area contributed by atoms with Crippen molar-refractivity contribution in [3.63, 3.8) is 0 Å². The summed E-state index contributed by atoms with van der Waals surface area (Å²) in [5, 5.41) is 16.2. The molecular weight excluding hydrogens is 194 g/mol. The molecule has 1 N–H and O–H groups in total. The van der Waals surface area contributed by atoms with Crippen LogP contribution in [0.3, 0.4) is 0 Å². The van der Waals surface area contributed by atoms with Gasteiger partial charge in [-0.2, -0.15) is 5.26 Å². The Balaban J connectivity index is 2.97. The van der Waals surface area contributed by atoms with E-state index in [9.17, 15) is 13.2 Å². The highest BCUT2D eigenvalue weighted by atomic mass is 32.2. The van der Waals surface area contributed by atoms with Crippen LogP contribution >= 0.6 is 0 Å². The third-order valence-corrected chi connectivity index (χ3v) is 4.55. The maximum absolute atomic E-state index is 11.2. The van der Waals surface area contributed by atoms with E-state index in [1.165, 1.54) is 6.92 Å². The molecule has 0 aromatic rings. The van der Waals surface area contributed by atoms with Crippen LogP contribution in [0.4, 0.5) is 0 Å². The molecule has 1 fully saturated rings. The Bertz CT molecular complexity index is 380. The normalized spacial score (nSPS) is 32.2. The molecule has 72 valence electrons. The summed E-state index contributed by atoms with van der Waals surface area (Å²) in [4.78, 5) is 10.6. The van der Waals surface area contributed by atoms with Crippen LogP contribution in [0.1, 0.15) is 13.3 Å². The van der Waals surface area contributed by atoms with E-state index in [-0.39, 0.29) is 12.2 Å². The molecular formula is C7H9NO4S. The highest BCUT2D eigenvalue weighted by molar-refractivity contribution is 7.92.